The minimum Gasteiger partial charge on any atom is -0.269 e. The Balaban J connectivity index is 1.54. The predicted octanol–water partition coefficient (Wildman–Crippen LogP) is 2.69. The van der Waals surface area contributed by atoms with Gasteiger partial charge in [-0.15, -0.1) is 0 Å². The van der Waals surface area contributed by atoms with Gasteiger partial charge in [0.1, 0.15) is 5.66 Å². The summed E-state index contributed by atoms with van der Waals surface area (Å²) in [6.45, 7) is 0. The van der Waals surface area contributed by atoms with E-state index in [1.165, 1.54) is 62.8 Å². The van der Waals surface area contributed by atoms with Crippen LogP contribution in [0.4, 0.5) is 0 Å². The van der Waals surface area contributed by atoms with Crippen molar-refractivity contribution in [3.8, 4) is 0 Å². The van der Waals surface area contributed by atoms with Crippen LogP contribution in [0.1, 0.15) is 64.2 Å². The first kappa shape index (κ1) is 18.1. The molecule has 6 heteroatoms. The number of nitrogens with zero attached hydrogens (tertiary/aromatic N) is 2. The van der Waals surface area contributed by atoms with Crippen LogP contribution in [0, 0.1) is 11.8 Å². The maximum absolute atomic E-state index is 12.4. The van der Waals surface area contributed by atoms with Crippen molar-refractivity contribution in [2.24, 2.45) is 11.8 Å². The number of carbonyl (C=O) groups is 4. The number of hydrogen-bond donors (Lipinski definition) is 0. The molecule has 2 aliphatic heterocycles. The van der Waals surface area contributed by atoms with Crippen LogP contribution in [0.25, 0.3) is 0 Å². The molecule has 0 aromatic rings. The van der Waals surface area contributed by atoms with E-state index in [9.17, 15) is 19.2 Å². The molecule has 4 aliphatic rings. The molecule has 144 valence electrons. The number of rotatable bonds is 4. The quantitative estimate of drug-likeness (QED) is 0.713. The lowest BCUT2D eigenvalue weighted by Crippen LogP contribution is -2.65. The van der Waals surface area contributed by atoms with Gasteiger partial charge in [0.2, 0.25) is 0 Å². The first-order chi connectivity index (χ1) is 13.0. The molecule has 0 aromatic heterocycles. The molecule has 0 spiro atoms. The van der Waals surface area contributed by atoms with Crippen molar-refractivity contribution in [2.45, 2.75) is 69.9 Å². The molecule has 0 bridgehead atoms. The van der Waals surface area contributed by atoms with E-state index in [2.05, 4.69) is 0 Å². The normalized spacial score (nSPS) is 26.7. The fourth-order valence-electron chi connectivity index (χ4n) is 5.44. The van der Waals surface area contributed by atoms with Crippen LogP contribution in [0.5, 0.6) is 0 Å². The summed E-state index contributed by atoms with van der Waals surface area (Å²) < 4.78 is 0. The molecule has 0 aromatic carbocycles. The van der Waals surface area contributed by atoms with E-state index in [0.29, 0.717) is 18.8 Å². The highest BCUT2D eigenvalue weighted by Crippen LogP contribution is 2.44. The zero-order chi connectivity index (χ0) is 19.0. The molecule has 4 amide bonds. The van der Waals surface area contributed by atoms with Gasteiger partial charge in [0.15, 0.2) is 0 Å². The zero-order valence-corrected chi connectivity index (χ0v) is 15.6. The van der Waals surface area contributed by atoms with E-state index in [-0.39, 0.29) is 0 Å². The molecule has 2 heterocycles. The standard InChI is InChI=1S/C21H26N2O4/c24-17-6-7-18(25)22(17)21(23-19(26)8-9-20(23)27)12-10-16(11-13-21)14-15-4-2-1-3-5-15/h6-9,15-16H,1-5,10-14H2. The van der Waals surface area contributed by atoms with Gasteiger partial charge in [0.25, 0.3) is 23.6 Å². The average molecular weight is 370 g/mol. The lowest BCUT2D eigenvalue weighted by atomic mass is 9.74. The smallest absolute Gasteiger partial charge is 0.255 e. The van der Waals surface area contributed by atoms with Gasteiger partial charge in [0, 0.05) is 24.3 Å². The van der Waals surface area contributed by atoms with Gasteiger partial charge < -0.3 is 0 Å². The summed E-state index contributed by atoms with van der Waals surface area (Å²) in [5.74, 6) is -0.430. The Bertz CT molecular complexity index is 644. The van der Waals surface area contributed by atoms with Gasteiger partial charge in [-0.2, -0.15) is 0 Å². The lowest BCUT2D eigenvalue weighted by molar-refractivity contribution is -0.168. The van der Waals surface area contributed by atoms with Gasteiger partial charge in [0.05, 0.1) is 0 Å². The van der Waals surface area contributed by atoms with Crippen molar-refractivity contribution in [3.05, 3.63) is 24.3 Å². The van der Waals surface area contributed by atoms with E-state index in [4.69, 9.17) is 0 Å². The second-order valence-electron chi connectivity index (χ2n) is 8.36. The molecule has 2 aliphatic carbocycles. The molecular formula is C21H26N2O4. The second-order valence-corrected chi connectivity index (χ2v) is 8.36. The molecule has 2 fully saturated rings. The Morgan fingerprint density at radius 3 is 1.52 bits per heavy atom. The maximum Gasteiger partial charge on any atom is 0.255 e. The van der Waals surface area contributed by atoms with E-state index in [0.717, 1.165) is 28.6 Å². The Labute approximate surface area is 159 Å². The highest BCUT2D eigenvalue weighted by molar-refractivity contribution is 6.17. The highest BCUT2D eigenvalue weighted by atomic mass is 16.2. The number of imide groups is 2. The summed E-state index contributed by atoms with van der Waals surface area (Å²) in [5.41, 5.74) is -1.15. The average Bonchev–Trinajstić information content (AvgIpc) is 3.19. The van der Waals surface area contributed by atoms with Gasteiger partial charge >= 0.3 is 0 Å². The molecular weight excluding hydrogens is 344 g/mol. The molecule has 27 heavy (non-hydrogen) atoms. The van der Waals surface area contributed by atoms with E-state index in [1.807, 2.05) is 0 Å². The van der Waals surface area contributed by atoms with E-state index >= 15 is 0 Å². The minimum absolute atomic E-state index is 0.432. The predicted molar refractivity (Wildman–Crippen MR) is 97.9 cm³/mol. The van der Waals surface area contributed by atoms with Crippen LogP contribution in [-0.4, -0.2) is 39.1 Å². The van der Waals surface area contributed by atoms with Gasteiger partial charge in [-0.25, -0.2) is 0 Å². The lowest BCUT2D eigenvalue weighted by Gasteiger charge is -2.49. The third-order valence-corrected chi connectivity index (χ3v) is 6.75. The molecule has 0 saturated heterocycles. The fraction of sp³-hybridized carbons (Fsp3) is 0.619. The first-order valence-corrected chi connectivity index (χ1v) is 10.1. The second kappa shape index (κ2) is 7.06. The zero-order valence-electron chi connectivity index (χ0n) is 15.6. The highest BCUT2D eigenvalue weighted by Gasteiger charge is 2.54. The first-order valence-electron chi connectivity index (χ1n) is 10.1. The van der Waals surface area contributed by atoms with Crippen LogP contribution in [0.15, 0.2) is 24.3 Å². The van der Waals surface area contributed by atoms with Crippen LogP contribution in [0.3, 0.4) is 0 Å². The van der Waals surface area contributed by atoms with Crippen LogP contribution in [0.2, 0.25) is 0 Å². The molecule has 0 radical (unpaired) electrons. The summed E-state index contributed by atoms with van der Waals surface area (Å²) in [5, 5.41) is 0. The van der Waals surface area contributed by atoms with Gasteiger partial charge in [-0.1, -0.05) is 32.1 Å². The molecule has 2 saturated carbocycles. The third kappa shape index (κ3) is 3.15. The largest absolute Gasteiger partial charge is 0.269 e. The number of amides is 4. The van der Waals surface area contributed by atoms with Crippen molar-refractivity contribution in [1.82, 2.24) is 9.80 Å². The minimum atomic E-state index is -1.15. The SMILES string of the molecule is O=C1C=CC(=O)N1C1(N2C(=O)C=CC2=O)CCC(CC2CCCCC2)CC1. The molecule has 4 rings (SSSR count). The Hall–Kier alpha value is -2.24. The topological polar surface area (TPSA) is 74.8 Å². The van der Waals surface area contributed by atoms with Crippen LogP contribution >= 0.6 is 0 Å². The Morgan fingerprint density at radius 1 is 0.667 bits per heavy atom. The van der Waals surface area contributed by atoms with Crippen LogP contribution < -0.4 is 0 Å². The summed E-state index contributed by atoms with van der Waals surface area (Å²) in [4.78, 5) is 51.9. The van der Waals surface area contributed by atoms with E-state index in [1.54, 1.807) is 0 Å². The summed E-state index contributed by atoms with van der Waals surface area (Å²) in [7, 11) is 0. The number of carbonyl (C=O) groups excluding carboxylic acids is 4. The van der Waals surface area contributed by atoms with Crippen molar-refractivity contribution >= 4 is 23.6 Å². The monoisotopic (exact) mass is 370 g/mol. The van der Waals surface area contributed by atoms with Crippen molar-refractivity contribution in [2.75, 3.05) is 0 Å². The molecule has 0 N–H and O–H groups in total. The molecule has 0 unspecified atom stereocenters. The van der Waals surface area contributed by atoms with Gasteiger partial charge in [-0.3, -0.25) is 29.0 Å². The Morgan fingerprint density at radius 2 is 1.07 bits per heavy atom. The molecule has 6 nitrogen and oxygen atoms in total. The summed E-state index contributed by atoms with van der Waals surface area (Å²) in [6.07, 6.45) is 15.3. The fourth-order valence-corrected chi connectivity index (χ4v) is 5.44. The van der Waals surface area contributed by atoms with Gasteiger partial charge in [-0.05, 0) is 43.9 Å². The third-order valence-electron chi connectivity index (χ3n) is 6.75. The summed E-state index contributed by atoms with van der Waals surface area (Å²) in [6, 6.07) is 0. The van der Waals surface area contributed by atoms with Crippen molar-refractivity contribution in [1.29, 1.82) is 0 Å². The van der Waals surface area contributed by atoms with Crippen molar-refractivity contribution in [3.63, 3.8) is 0 Å². The maximum atomic E-state index is 12.4. The molecule has 0 atom stereocenters. The van der Waals surface area contributed by atoms with Crippen molar-refractivity contribution < 1.29 is 19.2 Å². The Kier molecular flexibility index (Phi) is 4.74. The van der Waals surface area contributed by atoms with Crippen LogP contribution in [-0.2, 0) is 19.2 Å². The van der Waals surface area contributed by atoms with E-state index < -0.39 is 29.3 Å². The number of hydrogen-bond acceptors (Lipinski definition) is 4. The summed E-state index contributed by atoms with van der Waals surface area (Å²) >= 11 is 0.